The molecule has 1 N–H and O–H groups in total. The van der Waals surface area contributed by atoms with Crippen LogP contribution in [0.5, 0.6) is 11.5 Å². The molecular weight excluding hydrogens is 354 g/mol. The number of fused-ring (bicyclic) bond motifs is 1. The topological polar surface area (TPSA) is 65.4 Å². The Bertz CT molecular complexity index is 961. The van der Waals surface area contributed by atoms with E-state index in [1.165, 1.54) is 12.8 Å². The fourth-order valence-corrected chi connectivity index (χ4v) is 3.78. The molecule has 0 atom stereocenters. The fraction of sp³-hybridized carbons (Fsp3) is 0.364. The molecule has 1 fully saturated rings. The second-order valence-corrected chi connectivity index (χ2v) is 7.09. The lowest BCUT2D eigenvalue weighted by molar-refractivity contribution is -0.122. The van der Waals surface area contributed by atoms with Gasteiger partial charge in [-0.1, -0.05) is 37.1 Å². The third kappa shape index (κ3) is 3.96. The van der Waals surface area contributed by atoms with Crippen LogP contribution >= 0.6 is 0 Å². The summed E-state index contributed by atoms with van der Waals surface area (Å²) in [5, 5.41) is 3.15. The summed E-state index contributed by atoms with van der Waals surface area (Å²) in [4.78, 5) is 17.3. The number of aromatic nitrogens is 2. The Morgan fingerprint density at radius 2 is 1.82 bits per heavy atom. The van der Waals surface area contributed by atoms with Crippen LogP contribution in [0.1, 0.15) is 31.5 Å². The molecule has 0 saturated heterocycles. The molecule has 0 bridgehead atoms. The first kappa shape index (κ1) is 18.3. The summed E-state index contributed by atoms with van der Waals surface area (Å²) in [7, 11) is 1.62. The monoisotopic (exact) mass is 379 g/mol. The first-order valence-electron chi connectivity index (χ1n) is 9.74. The number of methoxy groups -OCH3 is 1. The van der Waals surface area contributed by atoms with Gasteiger partial charge in [-0.15, -0.1) is 0 Å². The maximum Gasteiger partial charge on any atom is 0.240 e. The Morgan fingerprint density at radius 1 is 1.11 bits per heavy atom. The quantitative estimate of drug-likeness (QED) is 0.680. The largest absolute Gasteiger partial charge is 0.493 e. The first-order valence-corrected chi connectivity index (χ1v) is 9.74. The van der Waals surface area contributed by atoms with Gasteiger partial charge in [0.2, 0.25) is 5.91 Å². The van der Waals surface area contributed by atoms with Crippen molar-refractivity contribution in [1.82, 2.24) is 14.9 Å². The van der Waals surface area contributed by atoms with Crippen LogP contribution in [0.4, 0.5) is 0 Å². The van der Waals surface area contributed by atoms with Gasteiger partial charge < -0.3 is 19.4 Å². The summed E-state index contributed by atoms with van der Waals surface area (Å²) < 4.78 is 13.2. The van der Waals surface area contributed by atoms with Crippen LogP contribution in [0.2, 0.25) is 0 Å². The number of nitrogens with one attached hydrogen (secondary N) is 1. The number of benzene rings is 2. The number of carbonyl (C=O) groups is 1. The molecule has 1 aliphatic rings. The van der Waals surface area contributed by atoms with E-state index in [-0.39, 0.29) is 19.1 Å². The second kappa shape index (κ2) is 8.33. The molecule has 6 nitrogen and oxygen atoms in total. The molecule has 1 amide bonds. The fourth-order valence-electron chi connectivity index (χ4n) is 3.78. The van der Waals surface area contributed by atoms with Crippen molar-refractivity contribution in [3.05, 3.63) is 54.4 Å². The maximum atomic E-state index is 12.6. The number of carbonyl (C=O) groups excluding carboxylic acids is 1. The third-order valence-electron chi connectivity index (χ3n) is 5.18. The molecule has 1 saturated carbocycles. The van der Waals surface area contributed by atoms with Gasteiger partial charge in [0.25, 0.3) is 0 Å². The van der Waals surface area contributed by atoms with E-state index in [1.807, 2.05) is 53.1 Å². The number of para-hydroxylation sites is 4. The van der Waals surface area contributed by atoms with Gasteiger partial charge in [-0.05, 0) is 37.1 Å². The van der Waals surface area contributed by atoms with Crippen LogP contribution < -0.4 is 14.8 Å². The predicted molar refractivity (Wildman–Crippen MR) is 107 cm³/mol. The molecule has 0 radical (unpaired) electrons. The number of ether oxygens (including phenoxy) is 2. The molecule has 28 heavy (non-hydrogen) atoms. The molecular formula is C22H25N3O3. The summed E-state index contributed by atoms with van der Waals surface area (Å²) in [6.45, 7) is 0.493. The molecule has 6 heteroatoms. The average Bonchev–Trinajstić information content (AvgIpc) is 3.35. The lowest BCUT2D eigenvalue weighted by Crippen LogP contribution is -2.35. The summed E-state index contributed by atoms with van der Waals surface area (Å²) >= 11 is 0. The van der Waals surface area contributed by atoms with Gasteiger partial charge in [0, 0.05) is 6.04 Å². The van der Waals surface area contributed by atoms with Crippen molar-refractivity contribution < 1.29 is 14.3 Å². The smallest absolute Gasteiger partial charge is 0.240 e. The van der Waals surface area contributed by atoms with Crippen LogP contribution in [-0.4, -0.2) is 28.6 Å². The van der Waals surface area contributed by atoms with Crippen molar-refractivity contribution >= 4 is 16.9 Å². The Balaban J connectivity index is 1.55. The van der Waals surface area contributed by atoms with Crippen molar-refractivity contribution in [2.75, 3.05) is 7.11 Å². The zero-order chi connectivity index (χ0) is 19.3. The lowest BCUT2D eigenvalue weighted by Gasteiger charge is -2.15. The van der Waals surface area contributed by atoms with E-state index in [2.05, 4.69) is 10.3 Å². The number of nitrogens with zero attached hydrogens (tertiary/aromatic N) is 2. The second-order valence-electron chi connectivity index (χ2n) is 7.09. The van der Waals surface area contributed by atoms with E-state index in [0.717, 1.165) is 23.9 Å². The lowest BCUT2D eigenvalue weighted by atomic mass is 10.2. The highest BCUT2D eigenvalue weighted by atomic mass is 16.5. The molecule has 0 spiro atoms. The molecule has 0 unspecified atom stereocenters. The number of hydrogen-bond acceptors (Lipinski definition) is 4. The normalized spacial score (nSPS) is 14.3. The van der Waals surface area contributed by atoms with Gasteiger partial charge in [0.1, 0.15) is 19.0 Å². The van der Waals surface area contributed by atoms with Crippen molar-refractivity contribution in [3.8, 4) is 11.5 Å². The summed E-state index contributed by atoms with van der Waals surface area (Å²) in [6.07, 6.45) is 4.52. The molecule has 2 aromatic carbocycles. The molecule has 1 aliphatic carbocycles. The Morgan fingerprint density at radius 3 is 2.61 bits per heavy atom. The first-order chi connectivity index (χ1) is 13.7. The van der Waals surface area contributed by atoms with Crippen LogP contribution in [0, 0.1) is 0 Å². The Kier molecular flexibility index (Phi) is 5.46. The van der Waals surface area contributed by atoms with Crippen LogP contribution in [0.3, 0.4) is 0 Å². The molecule has 146 valence electrons. The molecule has 4 rings (SSSR count). The summed E-state index contributed by atoms with van der Waals surface area (Å²) in [5.41, 5.74) is 1.79. The average molecular weight is 379 g/mol. The standard InChI is InChI=1S/C22H25N3O3/c1-27-19-12-6-7-13-20(19)28-15-21-24-17-10-4-5-11-18(17)25(21)14-22(26)23-16-8-2-3-9-16/h4-7,10-13,16H,2-3,8-9,14-15H2,1H3,(H,23,26). The van der Waals surface area contributed by atoms with E-state index in [4.69, 9.17) is 9.47 Å². The van der Waals surface area contributed by atoms with E-state index in [1.54, 1.807) is 7.11 Å². The van der Waals surface area contributed by atoms with E-state index in [9.17, 15) is 4.79 Å². The van der Waals surface area contributed by atoms with Crippen molar-refractivity contribution in [2.24, 2.45) is 0 Å². The van der Waals surface area contributed by atoms with Crippen LogP contribution in [0.15, 0.2) is 48.5 Å². The number of rotatable bonds is 7. The number of amides is 1. The van der Waals surface area contributed by atoms with Gasteiger partial charge in [0.05, 0.1) is 18.1 Å². The van der Waals surface area contributed by atoms with Crippen molar-refractivity contribution in [2.45, 2.75) is 44.9 Å². The number of imidazole rings is 1. The SMILES string of the molecule is COc1ccccc1OCc1nc2ccccc2n1CC(=O)NC1CCCC1. The highest BCUT2D eigenvalue weighted by molar-refractivity contribution is 5.81. The molecule has 3 aromatic rings. The van der Waals surface area contributed by atoms with Crippen molar-refractivity contribution in [3.63, 3.8) is 0 Å². The van der Waals surface area contributed by atoms with Crippen molar-refractivity contribution in [1.29, 1.82) is 0 Å². The Labute approximate surface area is 164 Å². The van der Waals surface area contributed by atoms with Crippen LogP contribution in [-0.2, 0) is 17.9 Å². The Hall–Kier alpha value is -3.02. The predicted octanol–water partition coefficient (Wildman–Crippen LogP) is 3.68. The zero-order valence-corrected chi connectivity index (χ0v) is 16.1. The summed E-state index contributed by atoms with van der Waals surface area (Å²) in [6, 6.07) is 15.7. The van der Waals surface area contributed by atoms with Crippen LogP contribution in [0.25, 0.3) is 11.0 Å². The minimum Gasteiger partial charge on any atom is -0.493 e. The highest BCUT2D eigenvalue weighted by Crippen LogP contribution is 2.27. The van der Waals surface area contributed by atoms with Gasteiger partial charge >= 0.3 is 0 Å². The zero-order valence-electron chi connectivity index (χ0n) is 16.1. The van der Waals surface area contributed by atoms with Gasteiger partial charge in [-0.25, -0.2) is 4.98 Å². The van der Waals surface area contributed by atoms with E-state index < -0.39 is 0 Å². The summed E-state index contributed by atoms with van der Waals surface area (Å²) in [5.74, 6) is 2.06. The van der Waals surface area contributed by atoms with E-state index >= 15 is 0 Å². The van der Waals surface area contributed by atoms with Gasteiger partial charge in [-0.2, -0.15) is 0 Å². The molecule has 1 heterocycles. The number of hydrogen-bond donors (Lipinski definition) is 1. The molecule has 1 aromatic heterocycles. The highest BCUT2D eigenvalue weighted by Gasteiger charge is 2.19. The van der Waals surface area contributed by atoms with Gasteiger partial charge in [-0.3, -0.25) is 4.79 Å². The maximum absolute atomic E-state index is 12.6. The third-order valence-corrected chi connectivity index (χ3v) is 5.18. The molecule has 0 aliphatic heterocycles. The van der Waals surface area contributed by atoms with Gasteiger partial charge in [0.15, 0.2) is 11.5 Å². The minimum absolute atomic E-state index is 0.0218. The minimum atomic E-state index is 0.0218. The van der Waals surface area contributed by atoms with E-state index in [0.29, 0.717) is 23.4 Å².